The van der Waals surface area contributed by atoms with Crippen LogP contribution >= 0.6 is 0 Å². The zero-order chi connectivity index (χ0) is 14.8. The molecule has 0 bridgehead atoms. The highest BCUT2D eigenvalue weighted by Gasteiger charge is 2.12. The van der Waals surface area contributed by atoms with Crippen LogP contribution in [0.1, 0.15) is 11.1 Å². The molecule has 21 heavy (non-hydrogen) atoms. The molecule has 2 heterocycles. The van der Waals surface area contributed by atoms with Crippen molar-refractivity contribution in [3.63, 3.8) is 0 Å². The fourth-order valence-electron chi connectivity index (χ4n) is 2.15. The summed E-state index contributed by atoms with van der Waals surface area (Å²) in [4.78, 5) is 12.3. The van der Waals surface area contributed by atoms with Crippen molar-refractivity contribution >= 4 is 5.69 Å². The SMILES string of the molecule is Cc1cc(C)cc(Oc2ncnc(-n3ccnc3)c2N)c1. The number of nitrogens with zero attached hydrogens (tertiary/aromatic N) is 4. The third-order valence-electron chi connectivity index (χ3n) is 2.99. The van der Waals surface area contributed by atoms with Crippen molar-refractivity contribution in [2.24, 2.45) is 0 Å². The van der Waals surface area contributed by atoms with Crippen molar-refractivity contribution < 1.29 is 4.74 Å². The van der Waals surface area contributed by atoms with E-state index in [2.05, 4.69) is 21.0 Å². The summed E-state index contributed by atoms with van der Waals surface area (Å²) in [6.07, 6.45) is 6.47. The first-order chi connectivity index (χ1) is 10.1. The van der Waals surface area contributed by atoms with E-state index >= 15 is 0 Å². The Kier molecular flexibility index (Phi) is 3.27. The molecule has 0 aliphatic carbocycles. The Hall–Kier alpha value is -2.89. The van der Waals surface area contributed by atoms with Gasteiger partial charge in [0.25, 0.3) is 0 Å². The number of nitrogens with two attached hydrogens (primary N) is 1. The first-order valence-electron chi connectivity index (χ1n) is 6.48. The molecule has 0 aliphatic heterocycles. The lowest BCUT2D eigenvalue weighted by atomic mass is 10.1. The Bertz CT molecular complexity index is 747. The van der Waals surface area contributed by atoms with Gasteiger partial charge in [-0.25, -0.2) is 9.97 Å². The van der Waals surface area contributed by atoms with Crippen LogP contribution < -0.4 is 10.5 Å². The van der Waals surface area contributed by atoms with E-state index < -0.39 is 0 Å². The second kappa shape index (κ2) is 5.24. The minimum Gasteiger partial charge on any atom is -0.437 e. The van der Waals surface area contributed by atoms with Gasteiger partial charge in [0, 0.05) is 12.4 Å². The molecule has 1 aromatic carbocycles. The van der Waals surface area contributed by atoms with E-state index in [0.29, 0.717) is 23.1 Å². The summed E-state index contributed by atoms with van der Waals surface area (Å²) < 4.78 is 7.51. The van der Waals surface area contributed by atoms with E-state index in [9.17, 15) is 0 Å². The summed E-state index contributed by atoms with van der Waals surface area (Å²) in [5.41, 5.74) is 8.71. The molecule has 2 aromatic heterocycles. The largest absolute Gasteiger partial charge is 0.437 e. The van der Waals surface area contributed by atoms with Crippen molar-refractivity contribution in [1.29, 1.82) is 0 Å². The van der Waals surface area contributed by atoms with Gasteiger partial charge in [-0.1, -0.05) is 6.07 Å². The van der Waals surface area contributed by atoms with Crippen molar-refractivity contribution in [3.05, 3.63) is 54.4 Å². The summed E-state index contributed by atoms with van der Waals surface area (Å²) in [6, 6.07) is 5.95. The van der Waals surface area contributed by atoms with Gasteiger partial charge >= 0.3 is 0 Å². The van der Waals surface area contributed by atoms with Crippen LogP contribution in [0.15, 0.2) is 43.2 Å². The average Bonchev–Trinajstić information content (AvgIpc) is 2.94. The van der Waals surface area contributed by atoms with Gasteiger partial charge in [-0.2, -0.15) is 4.98 Å². The molecular formula is C15H15N5O. The molecule has 0 amide bonds. The molecule has 0 radical (unpaired) electrons. The quantitative estimate of drug-likeness (QED) is 0.798. The van der Waals surface area contributed by atoms with Crippen LogP contribution in [0, 0.1) is 13.8 Å². The molecule has 6 heteroatoms. The Morgan fingerprint density at radius 3 is 2.52 bits per heavy atom. The topological polar surface area (TPSA) is 78.9 Å². The predicted octanol–water partition coefficient (Wildman–Crippen LogP) is 2.65. The summed E-state index contributed by atoms with van der Waals surface area (Å²) >= 11 is 0. The third-order valence-corrected chi connectivity index (χ3v) is 2.99. The van der Waals surface area contributed by atoms with Gasteiger partial charge < -0.3 is 10.5 Å². The number of hydrogen-bond acceptors (Lipinski definition) is 5. The standard InChI is InChI=1S/C15H15N5O/c1-10-5-11(2)7-12(6-10)21-15-13(16)14(18-8-19-15)20-4-3-17-9-20/h3-9H,16H2,1-2H3. The lowest BCUT2D eigenvalue weighted by molar-refractivity contribution is 0.463. The molecule has 106 valence electrons. The highest BCUT2D eigenvalue weighted by Crippen LogP contribution is 2.29. The average molecular weight is 281 g/mol. The minimum atomic E-state index is 0.332. The Morgan fingerprint density at radius 1 is 1.10 bits per heavy atom. The van der Waals surface area contributed by atoms with Gasteiger partial charge in [-0.3, -0.25) is 4.57 Å². The van der Waals surface area contributed by atoms with Crippen molar-refractivity contribution in [3.8, 4) is 17.4 Å². The van der Waals surface area contributed by atoms with Crippen molar-refractivity contribution in [2.75, 3.05) is 5.73 Å². The lowest BCUT2D eigenvalue weighted by Gasteiger charge is -2.11. The molecule has 0 atom stereocenters. The van der Waals surface area contributed by atoms with Gasteiger partial charge in [-0.15, -0.1) is 0 Å². The first kappa shape index (κ1) is 13.1. The molecule has 2 N–H and O–H groups in total. The van der Waals surface area contributed by atoms with E-state index in [0.717, 1.165) is 11.1 Å². The second-order valence-corrected chi connectivity index (χ2v) is 4.81. The van der Waals surface area contributed by atoms with Crippen molar-refractivity contribution in [1.82, 2.24) is 19.5 Å². The number of nitrogen functional groups attached to an aromatic ring is 1. The van der Waals surface area contributed by atoms with Gasteiger partial charge in [0.1, 0.15) is 24.1 Å². The predicted molar refractivity (Wildman–Crippen MR) is 79.6 cm³/mol. The van der Waals surface area contributed by atoms with Crippen molar-refractivity contribution in [2.45, 2.75) is 13.8 Å². The van der Waals surface area contributed by atoms with Crippen LogP contribution in [-0.4, -0.2) is 19.5 Å². The molecule has 0 fully saturated rings. The molecule has 3 rings (SSSR count). The maximum atomic E-state index is 6.10. The van der Waals surface area contributed by atoms with Crippen LogP contribution in [0.2, 0.25) is 0 Å². The van der Waals surface area contributed by atoms with Crippen LogP contribution in [0.25, 0.3) is 5.82 Å². The Balaban J connectivity index is 1.98. The molecule has 6 nitrogen and oxygen atoms in total. The Morgan fingerprint density at radius 2 is 1.86 bits per heavy atom. The van der Waals surface area contributed by atoms with E-state index in [4.69, 9.17) is 10.5 Å². The summed E-state index contributed by atoms with van der Waals surface area (Å²) in [7, 11) is 0. The maximum Gasteiger partial charge on any atom is 0.248 e. The van der Waals surface area contributed by atoms with Crippen LogP contribution in [-0.2, 0) is 0 Å². The number of ether oxygens (including phenoxy) is 1. The number of benzene rings is 1. The molecule has 0 spiro atoms. The van der Waals surface area contributed by atoms with Gasteiger partial charge in [-0.05, 0) is 37.1 Å². The molecular weight excluding hydrogens is 266 g/mol. The smallest absolute Gasteiger partial charge is 0.248 e. The van der Waals surface area contributed by atoms with Gasteiger partial charge in [0.05, 0.1) is 0 Å². The summed E-state index contributed by atoms with van der Waals surface area (Å²) in [5, 5.41) is 0. The first-order valence-corrected chi connectivity index (χ1v) is 6.48. The normalized spacial score (nSPS) is 10.6. The molecule has 3 aromatic rings. The van der Waals surface area contributed by atoms with Crippen LogP contribution in [0.5, 0.6) is 11.6 Å². The highest BCUT2D eigenvalue weighted by atomic mass is 16.5. The maximum absolute atomic E-state index is 6.10. The van der Waals surface area contributed by atoms with Crippen LogP contribution in [0.3, 0.4) is 0 Å². The lowest BCUT2D eigenvalue weighted by Crippen LogP contribution is -2.04. The van der Waals surface area contributed by atoms with Crippen LogP contribution in [0.4, 0.5) is 5.69 Å². The summed E-state index contributed by atoms with van der Waals surface area (Å²) in [5.74, 6) is 1.58. The van der Waals surface area contributed by atoms with Gasteiger partial charge in [0.2, 0.25) is 5.88 Å². The van der Waals surface area contributed by atoms with E-state index in [1.54, 1.807) is 23.3 Å². The minimum absolute atomic E-state index is 0.332. The molecule has 0 saturated carbocycles. The number of aryl methyl sites for hydroxylation is 2. The van der Waals surface area contributed by atoms with E-state index in [1.807, 2.05) is 26.0 Å². The third kappa shape index (κ3) is 2.69. The fourth-order valence-corrected chi connectivity index (χ4v) is 2.15. The van der Waals surface area contributed by atoms with E-state index in [1.165, 1.54) is 6.33 Å². The molecule has 0 aliphatic rings. The Labute approximate surface area is 122 Å². The van der Waals surface area contributed by atoms with E-state index in [-0.39, 0.29) is 0 Å². The highest BCUT2D eigenvalue weighted by molar-refractivity contribution is 5.60. The zero-order valence-corrected chi connectivity index (χ0v) is 11.8. The number of hydrogen-bond donors (Lipinski definition) is 1. The number of aromatic nitrogens is 4. The summed E-state index contributed by atoms with van der Waals surface area (Å²) in [6.45, 7) is 4.03. The number of anilines is 1. The zero-order valence-electron chi connectivity index (χ0n) is 11.8. The number of rotatable bonds is 3. The number of imidazole rings is 1. The monoisotopic (exact) mass is 281 g/mol. The second-order valence-electron chi connectivity index (χ2n) is 4.81. The van der Waals surface area contributed by atoms with Gasteiger partial charge in [0.15, 0.2) is 5.82 Å². The molecule has 0 unspecified atom stereocenters. The molecule has 0 saturated heterocycles. The fraction of sp³-hybridized carbons (Fsp3) is 0.133.